The van der Waals surface area contributed by atoms with E-state index in [2.05, 4.69) is 10.6 Å². The molecule has 1 aliphatic heterocycles. The highest BCUT2D eigenvalue weighted by Gasteiger charge is 2.16. The molecule has 0 aliphatic carbocycles. The predicted octanol–water partition coefficient (Wildman–Crippen LogP) is 2.26. The molecule has 1 atom stereocenters. The van der Waals surface area contributed by atoms with Crippen LogP contribution >= 0.6 is 12.2 Å². The second-order valence-electron chi connectivity index (χ2n) is 5.49. The lowest BCUT2D eigenvalue weighted by Gasteiger charge is -2.14. The number of amides is 1. The molecule has 2 N–H and O–H groups in total. The minimum absolute atomic E-state index is 0.0625. The fourth-order valence-electron chi connectivity index (χ4n) is 2.21. The first-order valence-corrected chi connectivity index (χ1v) is 7.93. The lowest BCUT2D eigenvalue weighted by atomic mass is 10.2. The summed E-state index contributed by atoms with van der Waals surface area (Å²) in [5.41, 5.74) is 0.513. The number of ether oxygens (including phenoxy) is 2. The van der Waals surface area contributed by atoms with Gasteiger partial charge in [0.1, 0.15) is 5.75 Å². The van der Waals surface area contributed by atoms with Crippen LogP contribution in [0.1, 0.15) is 37.0 Å². The van der Waals surface area contributed by atoms with E-state index in [1.54, 1.807) is 18.2 Å². The van der Waals surface area contributed by atoms with E-state index >= 15 is 0 Å². The molecule has 2 rings (SSSR count). The normalized spacial score (nSPS) is 17.3. The summed E-state index contributed by atoms with van der Waals surface area (Å²) in [4.78, 5) is 12.2. The van der Waals surface area contributed by atoms with Gasteiger partial charge in [-0.25, -0.2) is 0 Å². The Balaban J connectivity index is 1.84. The van der Waals surface area contributed by atoms with E-state index in [0.717, 1.165) is 19.4 Å². The largest absolute Gasteiger partial charge is 0.491 e. The minimum atomic E-state index is -0.251. The summed E-state index contributed by atoms with van der Waals surface area (Å²) in [7, 11) is 0. The van der Waals surface area contributed by atoms with Crippen LogP contribution in [0.2, 0.25) is 0 Å². The van der Waals surface area contributed by atoms with E-state index < -0.39 is 0 Å². The molecule has 0 saturated carbocycles. The van der Waals surface area contributed by atoms with Crippen LogP contribution < -0.4 is 15.4 Å². The lowest BCUT2D eigenvalue weighted by Crippen LogP contribution is -2.42. The summed E-state index contributed by atoms with van der Waals surface area (Å²) < 4.78 is 11.1. The highest BCUT2D eigenvalue weighted by molar-refractivity contribution is 7.80. The van der Waals surface area contributed by atoms with E-state index in [-0.39, 0.29) is 18.1 Å². The third-order valence-corrected chi connectivity index (χ3v) is 3.46. The number of hydrogen-bond acceptors (Lipinski definition) is 4. The van der Waals surface area contributed by atoms with Gasteiger partial charge in [-0.1, -0.05) is 6.07 Å². The summed E-state index contributed by atoms with van der Waals surface area (Å²) >= 11 is 5.14. The lowest BCUT2D eigenvalue weighted by molar-refractivity contribution is 0.0972. The van der Waals surface area contributed by atoms with Gasteiger partial charge in [-0.05, 0) is 57.1 Å². The molecule has 1 amide bonds. The molecule has 0 spiro atoms. The molecule has 1 saturated heterocycles. The summed E-state index contributed by atoms with van der Waals surface area (Å²) in [5.74, 6) is 0.417. The Morgan fingerprint density at radius 2 is 2.32 bits per heavy atom. The van der Waals surface area contributed by atoms with Crippen molar-refractivity contribution in [3.05, 3.63) is 29.8 Å². The van der Waals surface area contributed by atoms with Crippen LogP contribution in [0, 0.1) is 0 Å². The third-order valence-electron chi connectivity index (χ3n) is 3.21. The number of hydrogen-bond donors (Lipinski definition) is 2. The molecule has 0 bridgehead atoms. The van der Waals surface area contributed by atoms with Crippen molar-refractivity contribution in [2.75, 3.05) is 13.2 Å². The van der Waals surface area contributed by atoms with Crippen molar-refractivity contribution in [2.24, 2.45) is 0 Å². The maximum Gasteiger partial charge on any atom is 0.257 e. The van der Waals surface area contributed by atoms with Crippen LogP contribution in [-0.2, 0) is 4.74 Å². The zero-order valence-corrected chi connectivity index (χ0v) is 13.7. The zero-order valence-electron chi connectivity index (χ0n) is 12.9. The van der Waals surface area contributed by atoms with E-state index in [0.29, 0.717) is 23.0 Å². The van der Waals surface area contributed by atoms with Crippen molar-refractivity contribution in [3.63, 3.8) is 0 Å². The summed E-state index contributed by atoms with van der Waals surface area (Å²) in [6.45, 7) is 5.30. The Morgan fingerprint density at radius 3 is 3.00 bits per heavy atom. The Hall–Kier alpha value is -1.66. The maximum absolute atomic E-state index is 12.2. The number of rotatable bonds is 5. The van der Waals surface area contributed by atoms with Crippen LogP contribution in [0.25, 0.3) is 0 Å². The van der Waals surface area contributed by atoms with Crippen molar-refractivity contribution >= 4 is 23.2 Å². The van der Waals surface area contributed by atoms with Gasteiger partial charge < -0.3 is 14.8 Å². The standard InChI is InChI=1S/C16H22N2O3S/c1-11(2)21-13-6-3-5-12(9-13)15(19)18-16(22)17-10-14-7-4-8-20-14/h3,5-6,9,11,14H,4,7-8,10H2,1-2H3,(H2,17,18,19,22). The van der Waals surface area contributed by atoms with E-state index in [4.69, 9.17) is 21.7 Å². The molecule has 0 aromatic heterocycles. The van der Waals surface area contributed by atoms with Gasteiger partial charge in [0, 0.05) is 18.7 Å². The second-order valence-corrected chi connectivity index (χ2v) is 5.90. The summed E-state index contributed by atoms with van der Waals surface area (Å²) in [5, 5.41) is 6.00. The van der Waals surface area contributed by atoms with Gasteiger partial charge in [-0.3, -0.25) is 10.1 Å². The van der Waals surface area contributed by atoms with Crippen LogP contribution in [0.15, 0.2) is 24.3 Å². The molecule has 120 valence electrons. The second kappa shape index (κ2) is 8.10. The van der Waals surface area contributed by atoms with Gasteiger partial charge in [0.05, 0.1) is 12.2 Å². The van der Waals surface area contributed by atoms with Crippen LogP contribution in [0.5, 0.6) is 5.75 Å². The van der Waals surface area contributed by atoms with Gasteiger partial charge in [0.25, 0.3) is 5.91 Å². The molecule has 1 aliphatic rings. The molecule has 1 aromatic rings. The molecule has 1 heterocycles. The minimum Gasteiger partial charge on any atom is -0.491 e. The molecule has 5 nitrogen and oxygen atoms in total. The average molecular weight is 322 g/mol. The Bertz CT molecular complexity index is 528. The van der Waals surface area contributed by atoms with E-state index in [1.165, 1.54) is 0 Å². The van der Waals surface area contributed by atoms with Crippen molar-refractivity contribution in [2.45, 2.75) is 38.9 Å². The van der Waals surface area contributed by atoms with Crippen molar-refractivity contribution in [1.82, 2.24) is 10.6 Å². The van der Waals surface area contributed by atoms with E-state index in [9.17, 15) is 4.79 Å². The first-order valence-electron chi connectivity index (χ1n) is 7.52. The van der Waals surface area contributed by atoms with Crippen molar-refractivity contribution in [1.29, 1.82) is 0 Å². The smallest absolute Gasteiger partial charge is 0.257 e. The third kappa shape index (κ3) is 5.27. The predicted molar refractivity (Wildman–Crippen MR) is 89.2 cm³/mol. The maximum atomic E-state index is 12.2. The zero-order chi connectivity index (χ0) is 15.9. The topological polar surface area (TPSA) is 59.6 Å². The Labute approximate surface area is 136 Å². The molecule has 1 fully saturated rings. The Kier molecular flexibility index (Phi) is 6.15. The quantitative estimate of drug-likeness (QED) is 0.814. The number of benzene rings is 1. The fraction of sp³-hybridized carbons (Fsp3) is 0.500. The number of carbonyl (C=O) groups excluding carboxylic acids is 1. The number of nitrogens with one attached hydrogen (secondary N) is 2. The first kappa shape index (κ1) is 16.7. The van der Waals surface area contributed by atoms with Crippen LogP contribution in [0.4, 0.5) is 0 Å². The van der Waals surface area contributed by atoms with Crippen molar-refractivity contribution in [3.8, 4) is 5.75 Å². The van der Waals surface area contributed by atoms with E-state index in [1.807, 2.05) is 19.9 Å². The van der Waals surface area contributed by atoms with Gasteiger partial charge in [-0.2, -0.15) is 0 Å². The van der Waals surface area contributed by atoms with Gasteiger partial charge in [-0.15, -0.1) is 0 Å². The first-order chi connectivity index (χ1) is 10.5. The summed E-state index contributed by atoms with van der Waals surface area (Å²) in [6, 6.07) is 7.05. The molecular formula is C16H22N2O3S. The molecule has 22 heavy (non-hydrogen) atoms. The highest BCUT2D eigenvalue weighted by Crippen LogP contribution is 2.15. The van der Waals surface area contributed by atoms with Gasteiger partial charge in [0.15, 0.2) is 5.11 Å². The monoisotopic (exact) mass is 322 g/mol. The van der Waals surface area contributed by atoms with Gasteiger partial charge >= 0.3 is 0 Å². The fourth-order valence-corrected chi connectivity index (χ4v) is 2.39. The molecule has 0 radical (unpaired) electrons. The molecule has 1 aromatic carbocycles. The van der Waals surface area contributed by atoms with Crippen LogP contribution in [0.3, 0.4) is 0 Å². The molecule has 1 unspecified atom stereocenters. The van der Waals surface area contributed by atoms with Crippen molar-refractivity contribution < 1.29 is 14.3 Å². The number of thiocarbonyl (C=S) groups is 1. The van der Waals surface area contributed by atoms with Gasteiger partial charge in [0.2, 0.25) is 0 Å². The summed E-state index contributed by atoms with van der Waals surface area (Å²) in [6.07, 6.45) is 2.34. The SMILES string of the molecule is CC(C)Oc1cccc(C(=O)NC(=S)NCC2CCCO2)c1. The molecular weight excluding hydrogens is 300 g/mol. The average Bonchev–Trinajstić information content (AvgIpc) is 2.98. The number of carbonyl (C=O) groups is 1. The molecule has 6 heteroatoms. The van der Waals surface area contributed by atoms with Crippen LogP contribution in [-0.4, -0.2) is 36.4 Å². The highest BCUT2D eigenvalue weighted by atomic mass is 32.1. The Morgan fingerprint density at radius 1 is 1.50 bits per heavy atom.